The fourth-order valence-corrected chi connectivity index (χ4v) is 2.58. The number of amides is 1. The molecular weight excluding hydrogens is 284 g/mol. The van der Waals surface area contributed by atoms with Crippen molar-refractivity contribution in [2.24, 2.45) is 0 Å². The van der Waals surface area contributed by atoms with Crippen LogP contribution in [-0.2, 0) is 0 Å². The first-order valence-corrected chi connectivity index (χ1v) is 7.73. The minimum Gasteiger partial charge on any atom is -0.497 e. The Labute approximate surface area is 128 Å². The lowest BCUT2D eigenvalue weighted by Gasteiger charge is -2.06. The predicted octanol–water partition coefficient (Wildman–Crippen LogP) is 3.00. The fourth-order valence-electron chi connectivity index (χ4n) is 1.74. The topological polar surface area (TPSA) is 51.2 Å². The van der Waals surface area contributed by atoms with Crippen molar-refractivity contribution in [1.82, 2.24) is 10.3 Å². The first kappa shape index (κ1) is 15.4. The Hall–Kier alpha value is -2.01. The van der Waals surface area contributed by atoms with Crippen LogP contribution >= 0.6 is 11.8 Å². The molecule has 1 N–H and O–H groups in total. The van der Waals surface area contributed by atoms with Gasteiger partial charge in [0.15, 0.2) is 0 Å². The number of hydrogen-bond acceptors (Lipinski definition) is 4. The fraction of sp³-hybridized carbons (Fsp3) is 0.250. The molecule has 0 bridgehead atoms. The average molecular weight is 302 g/mol. The lowest BCUT2D eigenvalue weighted by Crippen LogP contribution is -2.24. The number of aromatic nitrogens is 1. The smallest absolute Gasteiger partial charge is 0.251 e. The maximum Gasteiger partial charge on any atom is 0.251 e. The number of carbonyl (C=O) groups excluding carboxylic acids is 1. The number of nitrogens with zero attached hydrogens (tertiary/aromatic N) is 1. The highest BCUT2D eigenvalue weighted by atomic mass is 32.2. The summed E-state index contributed by atoms with van der Waals surface area (Å²) in [6.45, 7) is 0.670. The van der Waals surface area contributed by atoms with Gasteiger partial charge in [-0.05, 0) is 48.6 Å². The molecule has 1 aromatic heterocycles. The number of nitrogens with one attached hydrogen (secondary N) is 1. The van der Waals surface area contributed by atoms with Crippen LogP contribution in [0.5, 0.6) is 5.75 Å². The Morgan fingerprint density at radius 1 is 1.19 bits per heavy atom. The molecule has 2 aromatic rings. The molecule has 0 aliphatic carbocycles. The highest BCUT2D eigenvalue weighted by molar-refractivity contribution is 7.99. The van der Waals surface area contributed by atoms with E-state index in [2.05, 4.69) is 10.3 Å². The molecule has 0 spiro atoms. The number of rotatable bonds is 7. The average Bonchev–Trinajstić information content (AvgIpc) is 2.55. The Bertz CT molecular complexity index is 558. The number of carbonyl (C=O) groups is 1. The lowest BCUT2D eigenvalue weighted by atomic mass is 10.2. The number of hydrogen-bond donors (Lipinski definition) is 1. The van der Waals surface area contributed by atoms with Crippen molar-refractivity contribution in [2.45, 2.75) is 11.3 Å². The van der Waals surface area contributed by atoms with E-state index in [9.17, 15) is 4.79 Å². The van der Waals surface area contributed by atoms with Gasteiger partial charge < -0.3 is 10.1 Å². The Kier molecular flexibility index (Phi) is 6.09. The highest BCUT2D eigenvalue weighted by Gasteiger charge is 2.04. The molecule has 0 radical (unpaired) electrons. The van der Waals surface area contributed by atoms with Crippen molar-refractivity contribution >= 4 is 17.7 Å². The summed E-state index contributed by atoms with van der Waals surface area (Å²) >= 11 is 1.77. The van der Waals surface area contributed by atoms with E-state index in [1.54, 1.807) is 55.5 Å². The largest absolute Gasteiger partial charge is 0.497 e. The van der Waals surface area contributed by atoms with E-state index in [0.29, 0.717) is 12.1 Å². The Balaban J connectivity index is 1.67. The molecule has 0 saturated heterocycles. The zero-order valence-corrected chi connectivity index (χ0v) is 12.7. The van der Waals surface area contributed by atoms with Crippen molar-refractivity contribution in [1.29, 1.82) is 0 Å². The van der Waals surface area contributed by atoms with Crippen LogP contribution in [0.3, 0.4) is 0 Å². The number of pyridine rings is 1. The van der Waals surface area contributed by atoms with Gasteiger partial charge in [-0.25, -0.2) is 0 Å². The van der Waals surface area contributed by atoms with Crippen LogP contribution in [0.2, 0.25) is 0 Å². The second-order valence-corrected chi connectivity index (χ2v) is 5.54. The van der Waals surface area contributed by atoms with Crippen molar-refractivity contribution in [2.75, 3.05) is 19.4 Å². The first-order valence-electron chi connectivity index (χ1n) is 6.74. The van der Waals surface area contributed by atoms with Gasteiger partial charge in [-0.3, -0.25) is 9.78 Å². The van der Waals surface area contributed by atoms with Gasteiger partial charge in [0.05, 0.1) is 7.11 Å². The molecule has 5 heteroatoms. The second-order valence-electron chi connectivity index (χ2n) is 4.37. The molecule has 0 fully saturated rings. The summed E-state index contributed by atoms with van der Waals surface area (Å²) in [5, 5.41) is 2.92. The maximum absolute atomic E-state index is 11.9. The van der Waals surface area contributed by atoms with Crippen molar-refractivity contribution in [3.8, 4) is 5.75 Å². The van der Waals surface area contributed by atoms with Crippen molar-refractivity contribution < 1.29 is 9.53 Å². The van der Waals surface area contributed by atoms with Gasteiger partial charge in [0.1, 0.15) is 5.75 Å². The van der Waals surface area contributed by atoms with Crippen LogP contribution in [0.15, 0.2) is 53.7 Å². The molecule has 21 heavy (non-hydrogen) atoms. The van der Waals surface area contributed by atoms with E-state index >= 15 is 0 Å². The summed E-state index contributed by atoms with van der Waals surface area (Å²) in [5.74, 6) is 1.67. The van der Waals surface area contributed by atoms with E-state index < -0.39 is 0 Å². The molecular formula is C16H18N2O2S. The van der Waals surface area contributed by atoms with Crippen LogP contribution in [0.1, 0.15) is 16.8 Å². The molecule has 4 nitrogen and oxygen atoms in total. The van der Waals surface area contributed by atoms with E-state index in [4.69, 9.17) is 4.74 Å². The standard InChI is InChI=1S/C16H18N2O2S/c1-20-14-5-3-13(4-6-14)16(19)18-9-2-12-21-15-7-10-17-11-8-15/h3-8,10-11H,2,9,12H2,1H3,(H,18,19). The molecule has 0 aliphatic heterocycles. The molecule has 0 atom stereocenters. The number of ether oxygens (including phenoxy) is 1. The molecule has 1 aromatic carbocycles. The third-order valence-electron chi connectivity index (χ3n) is 2.88. The number of methoxy groups -OCH3 is 1. The minimum atomic E-state index is -0.0495. The summed E-state index contributed by atoms with van der Waals surface area (Å²) < 4.78 is 5.07. The third-order valence-corrected chi connectivity index (χ3v) is 3.98. The van der Waals surface area contributed by atoms with Crippen LogP contribution < -0.4 is 10.1 Å². The zero-order valence-electron chi connectivity index (χ0n) is 11.9. The van der Waals surface area contributed by atoms with E-state index in [1.165, 1.54) is 4.90 Å². The summed E-state index contributed by atoms with van der Waals surface area (Å²) in [6.07, 6.45) is 4.50. The van der Waals surface area contributed by atoms with E-state index in [1.807, 2.05) is 12.1 Å². The Morgan fingerprint density at radius 2 is 1.90 bits per heavy atom. The molecule has 2 rings (SSSR count). The molecule has 1 amide bonds. The quantitative estimate of drug-likeness (QED) is 0.631. The van der Waals surface area contributed by atoms with Gasteiger partial charge in [-0.15, -0.1) is 11.8 Å². The van der Waals surface area contributed by atoms with Gasteiger partial charge in [0, 0.05) is 29.4 Å². The molecule has 0 aliphatic rings. The second kappa shape index (κ2) is 8.32. The third kappa shape index (κ3) is 5.11. The Morgan fingerprint density at radius 3 is 2.57 bits per heavy atom. The monoisotopic (exact) mass is 302 g/mol. The van der Waals surface area contributed by atoms with Crippen LogP contribution in [0.25, 0.3) is 0 Å². The summed E-state index contributed by atoms with van der Waals surface area (Å²) in [7, 11) is 1.61. The van der Waals surface area contributed by atoms with Gasteiger partial charge >= 0.3 is 0 Å². The van der Waals surface area contributed by atoms with E-state index in [0.717, 1.165) is 17.9 Å². The SMILES string of the molecule is COc1ccc(C(=O)NCCCSc2ccncc2)cc1. The molecule has 0 saturated carbocycles. The van der Waals surface area contributed by atoms with Gasteiger partial charge in [0.25, 0.3) is 5.91 Å². The highest BCUT2D eigenvalue weighted by Crippen LogP contribution is 2.16. The molecule has 1 heterocycles. The first-order chi connectivity index (χ1) is 10.3. The summed E-state index contributed by atoms with van der Waals surface area (Å²) in [6, 6.07) is 11.1. The summed E-state index contributed by atoms with van der Waals surface area (Å²) in [4.78, 5) is 17.1. The van der Waals surface area contributed by atoms with Gasteiger partial charge in [-0.1, -0.05) is 0 Å². The number of benzene rings is 1. The normalized spacial score (nSPS) is 10.1. The van der Waals surface area contributed by atoms with Crippen LogP contribution in [0, 0.1) is 0 Å². The van der Waals surface area contributed by atoms with Crippen LogP contribution in [0.4, 0.5) is 0 Å². The van der Waals surface area contributed by atoms with E-state index in [-0.39, 0.29) is 5.91 Å². The van der Waals surface area contributed by atoms with Gasteiger partial charge in [-0.2, -0.15) is 0 Å². The van der Waals surface area contributed by atoms with Crippen molar-refractivity contribution in [3.63, 3.8) is 0 Å². The summed E-state index contributed by atoms with van der Waals surface area (Å²) in [5.41, 5.74) is 0.651. The predicted molar refractivity (Wildman–Crippen MR) is 84.9 cm³/mol. The number of thioether (sulfide) groups is 1. The lowest BCUT2D eigenvalue weighted by molar-refractivity contribution is 0.0954. The molecule has 110 valence electrons. The zero-order chi connectivity index (χ0) is 14.9. The van der Waals surface area contributed by atoms with Crippen LogP contribution in [-0.4, -0.2) is 30.3 Å². The van der Waals surface area contributed by atoms with Gasteiger partial charge in [0.2, 0.25) is 0 Å². The minimum absolute atomic E-state index is 0.0495. The maximum atomic E-state index is 11.9. The molecule has 0 unspecified atom stereocenters. The van der Waals surface area contributed by atoms with Crippen molar-refractivity contribution in [3.05, 3.63) is 54.4 Å².